The van der Waals surface area contributed by atoms with Gasteiger partial charge in [0.2, 0.25) is 0 Å². The molecule has 2 heterocycles. The molecular weight excluding hydrogens is 527 g/mol. The van der Waals surface area contributed by atoms with Crippen molar-refractivity contribution in [2.75, 3.05) is 7.11 Å². The average Bonchev–Trinajstić information content (AvgIpc) is 3.34. The molecule has 0 spiro atoms. The molecular formula is C28H47IO4. The van der Waals surface area contributed by atoms with Crippen LogP contribution < -0.4 is 0 Å². The van der Waals surface area contributed by atoms with E-state index in [0.29, 0.717) is 21.9 Å². The molecule has 2 saturated heterocycles. The second kappa shape index (κ2) is 13.4. The van der Waals surface area contributed by atoms with Gasteiger partial charge in [0, 0.05) is 17.5 Å². The Hall–Kier alpha value is 0.0500. The van der Waals surface area contributed by atoms with E-state index < -0.39 is 5.79 Å². The van der Waals surface area contributed by atoms with Crippen LogP contribution >= 0.6 is 22.6 Å². The summed E-state index contributed by atoms with van der Waals surface area (Å²) in [6, 6.07) is 0. The summed E-state index contributed by atoms with van der Waals surface area (Å²) in [5, 5.41) is 0. The molecule has 1 aliphatic carbocycles. The molecule has 1 saturated carbocycles. The van der Waals surface area contributed by atoms with Crippen molar-refractivity contribution in [2.24, 2.45) is 17.8 Å². The first-order chi connectivity index (χ1) is 15.9. The minimum Gasteiger partial charge on any atom is -0.356 e. The third-order valence-corrected chi connectivity index (χ3v) is 9.04. The molecule has 0 N–H and O–H groups in total. The summed E-state index contributed by atoms with van der Waals surface area (Å²) in [5.41, 5.74) is 0. The minimum atomic E-state index is -0.491. The van der Waals surface area contributed by atoms with Crippen molar-refractivity contribution in [3.05, 3.63) is 24.3 Å². The van der Waals surface area contributed by atoms with Crippen molar-refractivity contribution in [3.63, 3.8) is 0 Å². The maximum Gasteiger partial charge on any atom is 0.163 e. The summed E-state index contributed by atoms with van der Waals surface area (Å²) < 4.78 is 25.5. The standard InChI is InChI=1S/C28H47IO4/c1-6-8-10-11-12-14-15-20-17-23(29)27-22(19-26(30-5)31-27)21(20)18-25-24(16-13-9-7-2)32-28(3,4)33-25/h6-9,20-27H,10-19H2,1-5H3/b8-6+,9-7+/t20-,21+,22-,23-,24-,25+,26+,27-/m1/s1. The summed E-state index contributed by atoms with van der Waals surface area (Å²) >= 11 is 2.65. The predicted octanol–water partition coefficient (Wildman–Crippen LogP) is 7.60. The van der Waals surface area contributed by atoms with Crippen LogP contribution in [0.2, 0.25) is 0 Å². The van der Waals surface area contributed by atoms with Gasteiger partial charge in [-0.25, -0.2) is 0 Å². The second-order valence-corrected chi connectivity index (χ2v) is 12.2. The van der Waals surface area contributed by atoms with Gasteiger partial charge >= 0.3 is 0 Å². The topological polar surface area (TPSA) is 36.9 Å². The van der Waals surface area contributed by atoms with Crippen molar-refractivity contribution >= 4 is 22.6 Å². The number of ether oxygens (including phenoxy) is 4. The Labute approximate surface area is 216 Å². The number of methoxy groups -OCH3 is 1. The lowest BCUT2D eigenvalue weighted by atomic mass is 9.66. The Morgan fingerprint density at radius 1 is 0.939 bits per heavy atom. The molecule has 4 nitrogen and oxygen atoms in total. The molecule has 2 aliphatic heterocycles. The van der Waals surface area contributed by atoms with E-state index in [1.165, 1.54) is 38.5 Å². The Morgan fingerprint density at radius 3 is 2.39 bits per heavy atom. The highest BCUT2D eigenvalue weighted by atomic mass is 127. The van der Waals surface area contributed by atoms with Gasteiger partial charge in [0.1, 0.15) is 0 Å². The number of halogens is 1. The number of fused-ring (bicyclic) bond motifs is 1. The van der Waals surface area contributed by atoms with E-state index in [0.717, 1.165) is 31.6 Å². The van der Waals surface area contributed by atoms with Crippen molar-refractivity contribution < 1.29 is 18.9 Å². The molecule has 3 aliphatic rings. The average molecular weight is 575 g/mol. The van der Waals surface area contributed by atoms with Crippen LogP contribution in [0.15, 0.2) is 24.3 Å². The molecule has 0 unspecified atom stereocenters. The zero-order valence-electron chi connectivity index (χ0n) is 21.5. The molecule has 0 aromatic carbocycles. The zero-order chi connectivity index (χ0) is 23.8. The first-order valence-electron chi connectivity index (χ1n) is 13.3. The predicted molar refractivity (Wildman–Crippen MR) is 144 cm³/mol. The monoisotopic (exact) mass is 574 g/mol. The normalized spacial score (nSPS) is 38.5. The van der Waals surface area contributed by atoms with E-state index in [1.54, 1.807) is 7.11 Å². The van der Waals surface area contributed by atoms with Crippen LogP contribution in [0.1, 0.15) is 91.9 Å². The van der Waals surface area contributed by atoms with Gasteiger partial charge in [-0.05, 0) is 84.0 Å². The molecule has 5 heteroatoms. The van der Waals surface area contributed by atoms with Crippen molar-refractivity contribution in [1.82, 2.24) is 0 Å². The Bertz CT molecular complexity index is 633. The van der Waals surface area contributed by atoms with Gasteiger partial charge in [0.15, 0.2) is 12.1 Å². The number of alkyl halides is 1. The minimum absolute atomic E-state index is 0.0537. The number of unbranched alkanes of at least 4 members (excludes halogenated alkanes) is 3. The van der Waals surface area contributed by atoms with Gasteiger partial charge in [-0.3, -0.25) is 0 Å². The first-order valence-corrected chi connectivity index (χ1v) is 14.5. The highest BCUT2D eigenvalue weighted by Gasteiger charge is 2.52. The third-order valence-electron chi connectivity index (χ3n) is 7.82. The molecule has 33 heavy (non-hydrogen) atoms. The van der Waals surface area contributed by atoms with Gasteiger partial charge in [-0.15, -0.1) is 0 Å². The second-order valence-electron chi connectivity index (χ2n) is 10.6. The molecule has 3 fully saturated rings. The molecule has 0 amide bonds. The van der Waals surface area contributed by atoms with Gasteiger partial charge in [-0.2, -0.15) is 0 Å². The van der Waals surface area contributed by atoms with Crippen LogP contribution in [0.25, 0.3) is 0 Å². The highest BCUT2D eigenvalue weighted by Crippen LogP contribution is 2.51. The van der Waals surface area contributed by atoms with E-state index in [9.17, 15) is 0 Å². The molecule has 190 valence electrons. The summed E-state index contributed by atoms with van der Waals surface area (Å²) in [6.07, 6.45) is 21.3. The SMILES string of the molecule is C/C=C/CCCCC[C@@H]1C[C@@H](I)[C@@H]2O[C@H](OC)C[C@@H]2[C@H]1C[C@@H]1OC(C)(C)O[C@@H]1CC/C=C/C. The van der Waals surface area contributed by atoms with Crippen LogP contribution in [0, 0.1) is 17.8 Å². The molecule has 0 aromatic heterocycles. The number of hydrogen-bond donors (Lipinski definition) is 0. The van der Waals surface area contributed by atoms with E-state index in [4.69, 9.17) is 18.9 Å². The largest absolute Gasteiger partial charge is 0.356 e. The molecule has 0 bridgehead atoms. The Kier molecular flexibility index (Phi) is 11.2. The number of allylic oxidation sites excluding steroid dienone is 4. The van der Waals surface area contributed by atoms with Crippen LogP contribution in [0.3, 0.4) is 0 Å². The first kappa shape index (κ1) is 27.6. The van der Waals surface area contributed by atoms with E-state index >= 15 is 0 Å². The maximum atomic E-state index is 6.51. The smallest absolute Gasteiger partial charge is 0.163 e. The molecule has 8 atom stereocenters. The summed E-state index contributed by atoms with van der Waals surface area (Å²) in [6.45, 7) is 8.35. The quantitative estimate of drug-likeness (QED) is 0.104. The lowest BCUT2D eigenvalue weighted by Crippen LogP contribution is -2.44. The maximum absolute atomic E-state index is 6.51. The Morgan fingerprint density at radius 2 is 1.67 bits per heavy atom. The van der Waals surface area contributed by atoms with E-state index in [-0.39, 0.29) is 18.5 Å². The van der Waals surface area contributed by atoms with Crippen LogP contribution in [0.5, 0.6) is 0 Å². The lowest BCUT2D eigenvalue weighted by Gasteiger charge is -2.43. The van der Waals surface area contributed by atoms with E-state index in [2.05, 4.69) is 74.6 Å². The number of rotatable bonds is 12. The fourth-order valence-electron chi connectivity index (χ4n) is 6.32. The number of hydrogen-bond acceptors (Lipinski definition) is 4. The fourth-order valence-corrected chi connectivity index (χ4v) is 7.68. The van der Waals surface area contributed by atoms with Crippen LogP contribution in [-0.2, 0) is 18.9 Å². The van der Waals surface area contributed by atoms with Crippen LogP contribution in [0.4, 0.5) is 0 Å². The van der Waals surface area contributed by atoms with Gasteiger partial charge in [0.05, 0.1) is 18.3 Å². The highest BCUT2D eigenvalue weighted by molar-refractivity contribution is 14.1. The van der Waals surface area contributed by atoms with Gasteiger partial charge < -0.3 is 18.9 Å². The van der Waals surface area contributed by atoms with Gasteiger partial charge in [-0.1, -0.05) is 66.2 Å². The van der Waals surface area contributed by atoms with Gasteiger partial charge in [0.25, 0.3) is 0 Å². The molecule has 0 aromatic rings. The molecule has 3 rings (SSSR count). The Balaban J connectivity index is 1.69. The summed E-state index contributed by atoms with van der Waals surface area (Å²) in [5.74, 6) is 1.41. The molecule has 0 radical (unpaired) electrons. The lowest BCUT2D eigenvalue weighted by molar-refractivity contribution is -0.149. The van der Waals surface area contributed by atoms with E-state index in [1.807, 2.05) is 0 Å². The zero-order valence-corrected chi connectivity index (χ0v) is 23.7. The van der Waals surface area contributed by atoms with Crippen LogP contribution in [-0.4, -0.2) is 41.4 Å². The van der Waals surface area contributed by atoms with Crippen molar-refractivity contribution in [3.8, 4) is 0 Å². The third kappa shape index (κ3) is 7.77. The summed E-state index contributed by atoms with van der Waals surface area (Å²) in [7, 11) is 1.79. The fraction of sp³-hybridized carbons (Fsp3) is 0.857. The van der Waals surface area contributed by atoms with Crippen molar-refractivity contribution in [1.29, 1.82) is 0 Å². The summed E-state index contributed by atoms with van der Waals surface area (Å²) in [4.78, 5) is 0. The van der Waals surface area contributed by atoms with Crippen molar-refractivity contribution in [2.45, 2.75) is 126 Å².